The predicted molar refractivity (Wildman–Crippen MR) is 73.9 cm³/mol. The summed E-state index contributed by atoms with van der Waals surface area (Å²) >= 11 is 0. The smallest absolute Gasteiger partial charge is 0.485 e. The predicted octanol–water partition coefficient (Wildman–Crippen LogP) is 1.29. The van der Waals surface area contributed by atoms with Crippen molar-refractivity contribution in [1.29, 1.82) is 0 Å². The zero-order valence-electron chi connectivity index (χ0n) is 12.7. The summed E-state index contributed by atoms with van der Waals surface area (Å²) in [6.45, 7) is 0.712. The maximum Gasteiger partial charge on any atom is 0.485 e. The van der Waals surface area contributed by atoms with Crippen molar-refractivity contribution >= 4 is 10.1 Å². The molecule has 6 nitrogen and oxygen atoms in total. The molecule has 1 aliphatic heterocycles. The minimum absolute atomic E-state index is 0.186. The third-order valence-electron chi connectivity index (χ3n) is 3.36. The first-order chi connectivity index (χ1) is 10.8. The van der Waals surface area contributed by atoms with Gasteiger partial charge in [0, 0.05) is 5.56 Å². The van der Waals surface area contributed by atoms with Gasteiger partial charge >= 0.3 is 5.51 Å². The van der Waals surface area contributed by atoms with E-state index in [1.54, 1.807) is 19.2 Å². The van der Waals surface area contributed by atoms with Crippen molar-refractivity contribution in [3.63, 3.8) is 0 Å². The summed E-state index contributed by atoms with van der Waals surface area (Å²) in [5.74, 6) is -1.36. The number of hydrogen-bond donors (Lipinski definition) is 1. The molecule has 24 heavy (non-hydrogen) atoms. The van der Waals surface area contributed by atoms with Gasteiger partial charge in [0.2, 0.25) is 12.6 Å². The van der Waals surface area contributed by atoms with Gasteiger partial charge in [0.05, 0.1) is 13.7 Å². The minimum atomic E-state index is -6.09. The van der Waals surface area contributed by atoms with E-state index in [1.165, 1.54) is 0 Å². The molecule has 1 heterocycles. The molecule has 0 aliphatic carbocycles. The normalized spacial score (nSPS) is 28.0. The molecule has 2 unspecified atom stereocenters. The fraction of sp³-hybridized carbons (Fsp3) is 0.538. The van der Waals surface area contributed by atoms with Crippen LogP contribution in [-0.4, -0.2) is 61.6 Å². The zero-order valence-corrected chi connectivity index (χ0v) is 13.5. The second kappa shape index (κ2) is 7.31. The van der Waals surface area contributed by atoms with Gasteiger partial charge in [-0.05, 0) is 0 Å². The van der Waals surface area contributed by atoms with Gasteiger partial charge in [-0.3, -0.25) is 4.48 Å². The van der Waals surface area contributed by atoms with Crippen molar-refractivity contribution in [3.05, 3.63) is 35.9 Å². The molecule has 1 saturated heterocycles. The number of morpholine rings is 1. The Morgan fingerprint density at radius 3 is 2.25 bits per heavy atom. The van der Waals surface area contributed by atoms with Crippen LogP contribution in [0.15, 0.2) is 30.3 Å². The van der Waals surface area contributed by atoms with Gasteiger partial charge in [0.1, 0.15) is 13.1 Å². The van der Waals surface area contributed by atoms with Crippen LogP contribution in [0.4, 0.5) is 17.6 Å². The monoisotopic (exact) mass is 374 g/mol. The number of hydrogen-bond acceptors (Lipinski definition) is 5. The van der Waals surface area contributed by atoms with Gasteiger partial charge in [-0.25, -0.2) is 8.42 Å². The Balaban J connectivity index is 0.000000307. The molecule has 1 aromatic carbocycles. The van der Waals surface area contributed by atoms with E-state index in [4.69, 9.17) is 17.7 Å². The summed E-state index contributed by atoms with van der Waals surface area (Å²) < 4.78 is 77.4. The van der Waals surface area contributed by atoms with E-state index in [9.17, 15) is 22.7 Å². The van der Waals surface area contributed by atoms with Crippen molar-refractivity contribution in [2.75, 3.05) is 33.5 Å². The summed E-state index contributed by atoms with van der Waals surface area (Å²) in [6, 6.07) is 9.15. The van der Waals surface area contributed by atoms with Crippen molar-refractivity contribution in [2.45, 2.75) is 11.3 Å². The highest BCUT2D eigenvalue weighted by atomic mass is 32.2. The lowest BCUT2D eigenvalue weighted by Gasteiger charge is -2.43. The number of ether oxygens (including phenoxy) is 1. The highest BCUT2D eigenvalue weighted by Crippen LogP contribution is 2.29. The van der Waals surface area contributed by atoms with Crippen LogP contribution in [0.3, 0.4) is 0 Å². The van der Waals surface area contributed by atoms with Gasteiger partial charge in [-0.15, -0.1) is 0 Å². The fourth-order valence-electron chi connectivity index (χ4n) is 2.05. The molecule has 0 saturated carbocycles. The first kappa shape index (κ1) is 20.8. The van der Waals surface area contributed by atoms with E-state index in [0.29, 0.717) is 18.7 Å². The van der Waals surface area contributed by atoms with Crippen molar-refractivity contribution in [2.24, 2.45) is 0 Å². The van der Waals surface area contributed by atoms with E-state index in [2.05, 4.69) is 0 Å². The number of rotatable bonds is 2. The molecular weight excluding hydrogens is 357 g/mol. The molecule has 0 bridgehead atoms. The number of likely N-dealkylation sites (N-methyl/N-ethyl adjacent to an activating group) is 1. The van der Waals surface area contributed by atoms with Crippen LogP contribution in [0, 0.1) is 0 Å². The first-order valence-corrected chi connectivity index (χ1v) is 8.07. The van der Waals surface area contributed by atoms with Gasteiger partial charge in [0.25, 0.3) is 0 Å². The standard InChI is InChI=1S/C12H17FNO2.CHF3O3S/c1-14(10-13)7-8-16-12(15,9-14)11-5-3-2-4-6-11;2-1(3,4)8(5,6)7/h2-6,15H,7-10H2,1H3;(H,5,6,7)/q+1;/p-1/i13-1;. The molecule has 0 spiro atoms. The average molecular weight is 374 g/mol. The summed E-state index contributed by atoms with van der Waals surface area (Å²) in [5.41, 5.74) is -4.96. The molecule has 0 amide bonds. The molecule has 2 rings (SSSR count). The third kappa shape index (κ3) is 5.38. The summed E-state index contributed by atoms with van der Waals surface area (Å²) in [4.78, 5) is 0. The molecule has 1 N–H and O–H groups in total. The lowest BCUT2D eigenvalue weighted by atomic mass is 10.0. The third-order valence-corrected chi connectivity index (χ3v) is 3.93. The molecule has 138 valence electrons. The van der Waals surface area contributed by atoms with Crippen LogP contribution in [-0.2, 0) is 20.6 Å². The van der Waals surface area contributed by atoms with Crippen molar-refractivity contribution in [1.82, 2.24) is 0 Å². The van der Waals surface area contributed by atoms with Gasteiger partial charge in [-0.2, -0.15) is 17.6 Å². The molecule has 2 atom stereocenters. The van der Waals surface area contributed by atoms with Crippen LogP contribution in [0.2, 0.25) is 0 Å². The number of quaternary nitrogens is 1. The lowest BCUT2D eigenvalue weighted by Crippen LogP contribution is -2.59. The van der Waals surface area contributed by atoms with Crippen LogP contribution in [0.25, 0.3) is 0 Å². The molecular formula is C13H17F4NO5S. The maximum atomic E-state index is 12.9. The highest BCUT2D eigenvalue weighted by Gasteiger charge is 2.44. The highest BCUT2D eigenvalue weighted by molar-refractivity contribution is 7.86. The Labute approximate surface area is 136 Å². The second-order valence-corrected chi connectivity index (χ2v) is 6.89. The number of alkyl halides is 4. The molecule has 1 fully saturated rings. The van der Waals surface area contributed by atoms with Crippen LogP contribution < -0.4 is 0 Å². The van der Waals surface area contributed by atoms with Crippen LogP contribution in [0.5, 0.6) is 0 Å². The number of aliphatic hydroxyl groups is 1. The van der Waals surface area contributed by atoms with E-state index in [-0.39, 0.29) is 11.0 Å². The van der Waals surface area contributed by atoms with E-state index < -0.39 is 28.2 Å². The molecule has 0 aromatic heterocycles. The largest absolute Gasteiger partial charge is 0.741 e. The summed E-state index contributed by atoms with van der Waals surface area (Å²) in [7, 11) is -4.30. The van der Waals surface area contributed by atoms with Crippen molar-refractivity contribution in [3.8, 4) is 0 Å². The van der Waals surface area contributed by atoms with Gasteiger partial charge in [-0.1, -0.05) is 30.3 Å². The Hall–Kier alpha value is -1.27. The SMILES string of the molecule is C[N+]1(C[18F])CCOC(O)(c2ccccc2)C1.O=S(=O)([O-])C(F)(F)F. The minimum Gasteiger partial charge on any atom is -0.741 e. The van der Waals surface area contributed by atoms with E-state index >= 15 is 0 Å². The lowest BCUT2D eigenvalue weighted by molar-refractivity contribution is -0.941. The number of nitrogens with zero attached hydrogens (tertiary/aromatic N) is 1. The quantitative estimate of drug-likeness (QED) is 0.277. The second-order valence-electron chi connectivity index (χ2n) is 5.52. The van der Waals surface area contributed by atoms with Crippen LogP contribution in [0.1, 0.15) is 5.56 Å². The van der Waals surface area contributed by atoms with Crippen LogP contribution >= 0.6 is 0 Å². The Bertz CT molecular complexity index is 640. The molecule has 1 aromatic rings. The van der Waals surface area contributed by atoms with Crippen molar-refractivity contribution < 1.29 is 44.9 Å². The first-order valence-electron chi connectivity index (χ1n) is 6.66. The average Bonchev–Trinajstić information content (AvgIpc) is 2.47. The Morgan fingerprint density at radius 2 is 1.83 bits per heavy atom. The topological polar surface area (TPSA) is 86.7 Å². The number of halogens is 4. The van der Waals surface area contributed by atoms with Gasteiger partial charge in [0.15, 0.2) is 10.1 Å². The summed E-state index contributed by atoms with van der Waals surface area (Å²) in [6.07, 6.45) is 0. The van der Waals surface area contributed by atoms with E-state index in [0.717, 1.165) is 0 Å². The Kier molecular flexibility index (Phi) is 6.33. The molecule has 1 aliphatic rings. The number of benzene rings is 1. The fourth-order valence-corrected chi connectivity index (χ4v) is 2.05. The van der Waals surface area contributed by atoms with Gasteiger partial charge < -0.3 is 14.4 Å². The molecule has 0 radical (unpaired) electrons. The maximum absolute atomic E-state index is 12.9. The summed E-state index contributed by atoms with van der Waals surface area (Å²) in [5, 5.41) is 10.4. The van der Waals surface area contributed by atoms with E-state index in [1.807, 2.05) is 18.2 Å². The molecule has 11 heteroatoms. The Morgan fingerprint density at radius 1 is 1.33 bits per heavy atom. The zero-order chi connectivity index (χ0) is 18.6.